The highest BCUT2D eigenvalue weighted by molar-refractivity contribution is 6.00. The number of allylic oxidation sites excluding steroid dienone is 1. The number of aryl methyl sites for hydroxylation is 1. The number of fused-ring (bicyclic) bond motifs is 2. The molecular weight excluding hydrogens is 344 g/mol. The van der Waals surface area contributed by atoms with Crippen molar-refractivity contribution >= 4 is 28.5 Å². The van der Waals surface area contributed by atoms with Crippen LogP contribution in [0.4, 0.5) is 0 Å². The Bertz CT molecular complexity index is 1260. The van der Waals surface area contributed by atoms with Gasteiger partial charge in [0.15, 0.2) is 0 Å². The van der Waals surface area contributed by atoms with Gasteiger partial charge >= 0.3 is 0 Å². The molecule has 5 rings (SSSR count). The smallest absolute Gasteiger partial charge is 0.265 e. The molecule has 1 aliphatic carbocycles. The first-order valence-electron chi connectivity index (χ1n) is 9.41. The Morgan fingerprint density at radius 1 is 0.929 bits per heavy atom. The van der Waals surface area contributed by atoms with Gasteiger partial charge in [-0.3, -0.25) is 4.79 Å². The second-order valence-corrected chi connectivity index (χ2v) is 7.32. The van der Waals surface area contributed by atoms with Crippen LogP contribution in [0.5, 0.6) is 0 Å². The summed E-state index contributed by atoms with van der Waals surface area (Å²) in [6.45, 7) is 2.10. The van der Waals surface area contributed by atoms with Crippen molar-refractivity contribution in [3.8, 4) is 0 Å². The Morgan fingerprint density at radius 2 is 1.71 bits per heavy atom. The van der Waals surface area contributed by atoms with E-state index in [1.54, 1.807) is 0 Å². The van der Waals surface area contributed by atoms with Crippen LogP contribution in [0.1, 0.15) is 38.8 Å². The minimum atomic E-state index is -0.413. The summed E-state index contributed by atoms with van der Waals surface area (Å²) in [6, 6.07) is 26.7. The highest BCUT2D eigenvalue weighted by atomic mass is 16.1. The standard InChI is InChI=1S/C25H20N2O/c1-16-7-6-10-17(13-16)21-14-18-8-2-4-11-20(18)24(21)27-22-12-5-3-9-19(22)15-23(27)25(26)28/h2-15,24H,1H3,(H2,26,28). The molecule has 1 amide bonds. The average Bonchev–Trinajstić information content (AvgIpc) is 3.26. The van der Waals surface area contributed by atoms with Crippen molar-refractivity contribution in [2.24, 2.45) is 5.73 Å². The lowest BCUT2D eigenvalue weighted by Gasteiger charge is -2.23. The van der Waals surface area contributed by atoms with Crippen LogP contribution < -0.4 is 5.73 Å². The number of para-hydroxylation sites is 1. The van der Waals surface area contributed by atoms with Gasteiger partial charge in [-0.25, -0.2) is 0 Å². The predicted octanol–water partition coefficient (Wildman–Crippen LogP) is 5.19. The quantitative estimate of drug-likeness (QED) is 0.534. The van der Waals surface area contributed by atoms with Crippen LogP contribution >= 0.6 is 0 Å². The average molecular weight is 364 g/mol. The van der Waals surface area contributed by atoms with Gasteiger partial charge in [0.25, 0.3) is 5.91 Å². The first-order valence-corrected chi connectivity index (χ1v) is 9.41. The number of aromatic nitrogens is 1. The molecule has 3 nitrogen and oxygen atoms in total. The maximum atomic E-state index is 12.3. The second-order valence-electron chi connectivity index (χ2n) is 7.32. The van der Waals surface area contributed by atoms with Gasteiger partial charge in [-0.05, 0) is 47.4 Å². The number of carbonyl (C=O) groups excluding carboxylic acids is 1. The molecule has 1 atom stereocenters. The van der Waals surface area contributed by atoms with Gasteiger partial charge in [-0.1, -0.05) is 72.3 Å². The minimum Gasteiger partial charge on any atom is -0.364 e. The summed E-state index contributed by atoms with van der Waals surface area (Å²) in [6.07, 6.45) is 2.23. The summed E-state index contributed by atoms with van der Waals surface area (Å²) in [4.78, 5) is 12.3. The van der Waals surface area contributed by atoms with Crippen molar-refractivity contribution in [1.82, 2.24) is 4.57 Å². The zero-order valence-corrected chi connectivity index (χ0v) is 15.6. The van der Waals surface area contributed by atoms with E-state index in [1.165, 1.54) is 22.3 Å². The van der Waals surface area contributed by atoms with Gasteiger partial charge < -0.3 is 10.3 Å². The molecule has 0 saturated heterocycles. The fraction of sp³-hybridized carbons (Fsp3) is 0.0800. The molecule has 4 aromatic rings. The minimum absolute atomic E-state index is 0.0969. The second kappa shape index (κ2) is 6.24. The van der Waals surface area contributed by atoms with E-state index in [-0.39, 0.29) is 6.04 Å². The fourth-order valence-corrected chi connectivity index (χ4v) is 4.29. The van der Waals surface area contributed by atoms with Crippen LogP contribution in [0.25, 0.3) is 22.6 Å². The van der Waals surface area contributed by atoms with E-state index in [0.29, 0.717) is 5.69 Å². The molecule has 0 bridgehead atoms. The molecule has 136 valence electrons. The van der Waals surface area contributed by atoms with E-state index in [1.807, 2.05) is 30.3 Å². The molecule has 1 aromatic heterocycles. The van der Waals surface area contributed by atoms with Crippen molar-refractivity contribution < 1.29 is 4.79 Å². The van der Waals surface area contributed by atoms with Crippen LogP contribution in [-0.2, 0) is 0 Å². The van der Waals surface area contributed by atoms with Crippen molar-refractivity contribution in [2.45, 2.75) is 13.0 Å². The zero-order chi connectivity index (χ0) is 19.3. The Kier molecular flexibility index (Phi) is 3.69. The lowest BCUT2D eigenvalue weighted by molar-refractivity contribution is 0.0992. The highest BCUT2D eigenvalue weighted by Gasteiger charge is 2.31. The molecule has 1 aliphatic rings. The molecule has 1 heterocycles. The third-order valence-electron chi connectivity index (χ3n) is 5.51. The Balaban J connectivity index is 1.82. The van der Waals surface area contributed by atoms with E-state index in [9.17, 15) is 4.79 Å². The molecule has 3 aromatic carbocycles. The van der Waals surface area contributed by atoms with Crippen LogP contribution in [-0.4, -0.2) is 10.5 Å². The molecule has 0 saturated carbocycles. The number of nitrogens with two attached hydrogens (primary N) is 1. The highest BCUT2D eigenvalue weighted by Crippen LogP contribution is 2.45. The zero-order valence-electron chi connectivity index (χ0n) is 15.6. The van der Waals surface area contributed by atoms with Crippen molar-refractivity contribution in [1.29, 1.82) is 0 Å². The molecule has 0 fully saturated rings. The first-order chi connectivity index (χ1) is 13.6. The fourth-order valence-electron chi connectivity index (χ4n) is 4.29. The van der Waals surface area contributed by atoms with E-state index >= 15 is 0 Å². The van der Waals surface area contributed by atoms with E-state index in [0.717, 1.165) is 16.5 Å². The number of carbonyl (C=O) groups is 1. The Morgan fingerprint density at radius 3 is 2.54 bits per heavy atom. The van der Waals surface area contributed by atoms with Crippen molar-refractivity contribution in [2.75, 3.05) is 0 Å². The summed E-state index contributed by atoms with van der Waals surface area (Å²) >= 11 is 0. The van der Waals surface area contributed by atoms with E-state index < -0.39 is 5.91 Å². The predicted molar refractivity (Wildman–Crippen MR) is 114 cm³/mol. The number of amides is 1. The van der Waals surface area contributed by atoms with Gasteiger partial charge in [0.05, 0.1) is 6.04 Å². The monoisotopic (exact) mass is 364 g/mol. The van der Waals surface area contributed by atoms with Crippen molar-refractivity contribution in [3.63, 3.8) is 0 Å². The molecule has 0 aliphatic heterocycles. The molecule has 0 spiro atoms. The maximum absolute atomic E-state index is 12.3. The SMILES string of the molecule is Cc1cccc(C2=Cc3ccccc3C2n2c(C(N)=O)cc3ccccc32)c1. The Labute approximate surface area is 163 Å². The molecule has 1 unspecified atom stereocenters. The van der Waals surface area contributed by atoms with Crippen LogP contribution in [0.3, 0.4) is 0 Å². The summed E-state index contributed by atoms with van der Waals surface area (Å²) in [7, 11) is 0. The van der Waals surface area contributed by atoms with E-state index in [4.69, 9.17) is 5.73 Å². The molecule has 0 radical (unpaired) electrons. The van der Waals surface area contributed by atoms with Gasteiger partial charge in [-0.2, -0.15) is 0 Å². The number of nitrogens with zero attached hydrogens (tertiary/aromatic N) is 1. The van der Waals surface area contributed by atoms with Gasteiger partial charge in [-0.15, -0.1) is 0 Å². The summed E-state index contributed by atoms with van der Waals surface area (Å²) in [5.41, 5.74) is 13.2. The summed E-state index contributed by atoms with van der Waals surface area (Å²) < 4.78 is 2.09. The summed E-state index contributed by atoms with van der Waals surface area (Å²) in [5, 5.41) is 1.02. The largest absolute Gasteiger partial charge is 0.364 e. The lowest BCUT2D eigenvalue weighted by atomic mass is 9.96. The maximum Gasteiger partial charge on any atom is 0.265 e. The number of benzene rings is 3. The van der Waals surface area contributed by atoms with Crippen LogP contribution in [0.2, 0.25) is 0 Å². The van der Waals surface area contributed by atoms with Gasteiger partial charge in [0.1, 0.15) is 5.69 Å². The molecule has 3 heteroatoms. The van der Waals surface area contributed by atoms with Crippen molar-refractivity contribution in [3.05, 3.63) is 107 Å². The third kappa shape index (κ3) is 2.48. The first kappa shape index (κ1) is 16.6. The van der Waals surface area contributed by atoms with E-state index in [2.05, 4.69) is 66.1 Å². The number of hydrogen-bond acceptors (Lipinski definition) is 1. The van der Waals surface area contributed by atoms with Gasteiger partial charge in [0, 0.05) is 10.9 Å². The molecule has 28 heavy (non-hydrogen) atoms. The van der Waals surface area contributed by atoms with Crippen LogP contribution in [0.15, 0.2) is 78.9 Å². The molecular formula is C25H20N2O. The molecule has 2 N–H and O–H groups in total. The van der Waals surface area contributed by atoms with Gasteiger partial charge in [0.2, 0.25) is 0 Å². The van der Waals surface area contributed by atoms with Crippen LogP contribution in [0, 0.1) is 6.92 Å². The number of primary amides is 1. The Hall–Kier alpha value is -3.59. The normalized spacial score (nSPS) is 15.5. The number of hydrogen-bond donors (Lipinski definition) is 1. The lowest BCUT2D eigenvalue weighted by Crippen LogP contribution is -2.21. The number of rotatable bonds is 3. The topological polar surface area (TPSA) is 48.0 Å². The third-order valence-corrected chi connectivity index (χ3v) is 5.51. The summed E-state index contributed by atoms with van der Waals surface area (Å²) in [5.74, 6) is -0.413.